The Morgan fingerprint density at radius 1 is 1.53 bits per heavy atom. The van der Waals surface area contributed by atoms with Gasteiger partial charge in [-0.3, -0.25) is 19.7 Å². The van der Waals surface area contributed by atoms with Gasteiger partial charge in [-0.1, -0.05) is 32.5 Å². The molecule has 6 nitrogen and oxygen atoms in total. The smallest absolute Gasteiger partial charge is 0.249 e. The molecule has 1 aliphatic rings. The summed E-state index contributed by atoms with van der Waals surface area (Å²) in [4.78, 5) is 36.9. The third-order valence-electron chi connectivity index (χ3n) is 3.14. The Bertz CT molecular complexity index is 411. The lowest BCUT2D eigenvalue weighted by Crippen LogP contribution is -2.61. The Hall–Kier alpha value is -1.50. The predicted octanol–water partition coefficient (Wildman–Crippen LogP) is -0.0476. The van der Waals surface area contributed by atoms with Gasteiger partial charge in [-0.2, -0.15) is 0 Å². The zero-order valence-corrected chi connectivity index (χ0v) is 12.0. The quantitative estimate of drug-likeness (QED) is 0.546. The van der Waals surface area contributed by atoms with Crippen LogP contribution in [0.4, 0.5) is 0 Å². The van der Waals surface area contributed by atoms with Gasteiger partial charge in [-0.15, -0.1) is 0 Å². The summed E-state index contributed by atoms with van der Waals surface area (Å²) < 4.78 is 0. The minimum atomic E-state index is -0.626. The Morgan fingerprint density at radius 3 is 2.63 bits per heavy atom. The van der Waals surface area contributed by atoms with Crippen LogP contribution in [0.3, 0.4) is 0 Å². The fourth-order valence-electron chi connectivity index (χ4n) is 2.18. The van der Waals surface area contributed by atoms with Crippen LogP contribution in [0.5, 0.6) is 0 Å². The van der Waals surface area contributed by atoms with Gasteiger partial charge < -0.3 is 10.6 Å². The van der Waals surface area contributed by atoms with E-state index in [1.54, 1.807) is 6.92 Å². The van der Waals surface area contributed by atoms with E-state index in [0.29, 0.717) is 12.8 Å². The number of nitrogens with two attached hydrogens (primary N) is 1. The van der Waals surface area contributed by atoms with Gasteiger partial charge in [0.05, 0.1) is 10.9 Å². The zero-order valence-electron chi connectivity index (χ0n) is 11.1. The molecular formula is C12H19N3O3S. The van der Waals surface area contributed by atoms with Crippen molar-refractivity contribution >= 4 is 34.9 Å². The highest BCUT2D eigenvalue weighted by Gasteiger charge is 2.38. The number of amides is 3. The molecule has 3 amide bonds. The van der Waals surface area contributed by atoms with Gasteiger partial charge in [0.2, 0.25) is 17.7 Å². The molecular weight excluding hydrogens is 266 g/mol. The van der Waals surface area contributed by atoms with E-state index >= 15 is 0 Å². The van der Waals surface area contributed by atoms with Gasteiger partial charge in [0.1, 0.15) is 12.6 Å². The van der Waals surface area contributed by atoms with Crippen molar-refractivity contribution in [3.63, 3.8) is 0 Å². The molecule has 106 valence electrons. The highest BCUT2D eigenvalue weighted by atomic mass is 32.1. The second-order valence-corrected chi connectivity index (χ2v) is 5.02. The maximum Gasteiger partial charge on any atom is 0.249 e. The van der Waals surface area contributed by atoms with E-state index in [4.69, 9.17) is 18.0 Å². The first kappa shape index (κ1) is 15.6. The summed E-state index contributed by atoms with van der Waals surface area (Å²) in [7, 11) is 0. The molecule has 2 atom stereocenters. The first-order valence-electron chi connectivity index (χ1n) is 6.35. The average Bonchev–Trinajstić information content (AvgIpc) is 2.33. The molecule has 0 aromatic heterocycles. The molecule has 0 spiro atoms. The largest absolute Gasteiger partial charge is 0.393 e. The molecule has 3 N–H and O–H groups in total. The minimum absolute atomic E-state index is 0.111. The molecule has 19 heavy (non-hydrogen) atoms. The number of imide groups is 1. The zero-order chi connectivity index (χ0) is 14.6. The fraction of sp³-hybridized carbons (Fsp3) is 0.667. The summed E-state index contributed by atoms with van der Waals surface area (Å²) in [5, 5.41) is 2.23. The molecule has 0 aromatic carbocycles. The Morgan fingerprint density at radius 2 is 2.16 bits per heavy atom. The SMILES string of the molecule is CCCC(C(=O)N1CC(=O)NC(=O)C1CC)C(N)=S. The Kier molecular flexibility index (Phi) is 5.41. The van der Waals surface area contributed by atoms with Crippen LogP contribution >= 0.6 is 12.2 Å². The summed E-state index contributed by atoms with van der Waals surface area (Å²) in [5.41, 5.74) is 5.59. The van der Waals surface area contributed by atoms with E-state index < -0.39 is 23.8 Å². The molecule has 7 heteroatoms. The maximum absolute atomic E-state index is 12.4. The summed E-state index contributed by atoms with van der Waals surface area (Å²) in [6, 6.07) is -0.626. The Labute approximate surface area is 117 Å². The van der Waals surface area contributed by atoms with E-state index in [2.05, 4.69) is 5.32 Å². The number of rotatable bonds is 5. The second-order valence-electron chi connectivity index (χ2n) is 4.55. The van der Waals surface area contributed by atoms with E-state index in [-0.39, 0.29) is 17.4 Å². The van der Waals surface area contributed by atoms with Gasteiger partial charge in [-0.25, -0.2) is 0 Å². The van der Waals surface area contributed by atoms with Crippen LogP contribution in [0.25, 0.3) is 0 Å². The van der Waals surface area contributed by atoms with E-state index in [0.717, 1.165) is 6.42 Å². The van der Waals surface area contributed by atoms with Gasteiger partial charge in [0.25, 0.3) is 0 Å². The molecule has 0 saturated carbocycles. The number of carbonyl (C=O) groups is 3. The third-order valence-corrected chi connectivity index (χ3v) is 3.43. The lowest BCUT2D eigenvalue weighted by Gasteiger charge is -2.35. The van der Waals surface area contributed by atoms with Crippen LogP contribution < -0.4 is 11.1 Å². The van der Waals surface area contributed by atoms with Crippen molar-refractivity contribution in [3.05, 3.63) is 0 Å². The normalized spacial score (nSPS) is 20.9. The lowest BCUT2D eigenvalue weighted by molar-refractivity contribution is -0.151. The van der Waals surface area contributed by atoms with Crippen molar-refractivity contribution in [1.29, 1.82) is 0 Å². The van der Waals surface area contributed by atoms with Gasteiger partial charge in [0, 0.05) is 0 Å². The molecule has 1 rings (SSSR count). The molecule has 2 unspecified atom stereocenters. The summed E-state index contributed by atoms with van der Waals surface area (Å²) >= 11 is 4.91. The van der Waals surface area contributed by atoms with Gasteiger partial charge in [-0.05, 0) is 12.8 Å². The number of nitrogens with one attached hydrogen (secondary N) is 1. The van der Waals surface area contributed by atoms with Crippen molar-refractivity contribution in [3.8, 4) is 0 Å². The Balaban J connectivity index is 2.96. The molecule has 1 saturated heterocycles. The molecule has 0 aromatic rings. The van der Waals surface area contributed by atoms with E-state index in [1.807, 2.05) is 6.92 Å². The lowest BCUT2D eigenvalue weighted by atomic mass is 9.99. The van der Waals surface area contributed by atoms with Crippen molar-refractivity contribution < 1.29 is 14.4 Å². The van der Waals surface area contributed by atoms with Crippen molar-refractivity contribution in [2.24, 2.45) is 11.7 Å². The van der Waals surface area contributed by atoms with Gasteiger partial charge >= 0.3 is 0 Å². The number of hydrogen-bond acceptors (Lipinski definition) is 4. The van der Waals surface area contributed by atoms with Crippen LogP contribution in [0.1, 0.15) is 33.1 Å². The predicted molar refractivity (Wildman–Crippen MR) is 74.1 cm³/mol. The van der Waals surface area contributed by atoms with Crippen molar-refractivity contribution in [1.82, 2.24) is 10.2 Å². The van der Waals surface area contributed by atoms with Crippen molar-refractivity contribution in [2.45, 2.75) is 39.2 Å². The van der Waals surface area contributed by atoms with E-state index in [1.165, 1.54) is 4.90 Å². The van der Waals surface area contributed by atoms with Gasteiger partial charge in [0.15, 0.2) is 0 Å². The van der Waals surface area contributed by atoms with Crippen LogP contribution in [-0.4, -0.2) is 40.2 Å². The van der Waals surface area contributed by atoms with Crippen LogP contribution in [0.2, 0.25) is 0 Å². The highest BCUT2D eigenvalue weighted by molar-refractivity contribution is 7.80. The van der Waals surface area contributed by atoms with E-state index in [9.17, 15) is 14.4 Å². The van der Waals surface area contributed by atoms with Crippen LogP contribution in [0.15, 0.2) is 0 Å². The molecule has 0 radical (unpaired) electrons. The number of nitrogens with zero attached hydrogens (tertiary/aromatic N) is 1. The molecule has 0 bridgehead atoms. The standard InChI is InChI=1S/C12H19N3O3S/c1-3-5-7(10(13)19)12(18)15-6-9(16)14-11(17)8(15)4-2/h7-8H,3-6H2,1-2H3,(H2,13,19)(H,14,16,17). The highest BCUT2D eigenvalue weighted by Crippen LogP contribution is 2.17. The van der Waals surface area contributed by atoms with Crippen LogP contribution in [-0.2, 0) is 14.4 Å². The molecule has 1 heterocycles. The molecule has 0 aliphatic carbocycles. The number of piperazine rings is 1. The molecule has 1 aliphatic heterocycles. The van der Waals surface area contributed by atoms with Crippen LogP contribution in [0, 0.1) is 5.92 Å². The first-order valence-corrected chi connectivity index (χ1v) is 6.76. The van der Waals surface area contributed by atoms with Crippen molar-refractivity contribution in [2.75, 3.05) is 6.54 Å². The summed E-state index contributed by atoms with van der Waals surface area (Å²) in [5.74, 6) is -1.84. The summed E-state index contributed by atoms with van der Waals surface area (Å²) in [6.07, 6.45) is 1.72. The fourth-order valence-corrected chi connectivity index (χ4v) is 2.40. The topological polar surface area (TPSA) is 92.5 Å². The average molecular weight is 285 g/mol. The third kappa shape index (κ3) is 3.50. The molecule has 1 fully saturated rings. The number of hydrogen-bond donors (Lipinski definition) is 2. The summed E-state index contributed by atoms with van der Waals surface area (Å²) in [6.45, 7) is 3.59. The monoisotopic (exact) mass is 285 g/mol. The number of carbonyl (C=O) groups excluding carboxylic acids is 3. The minimum Gasteiger partial charge on any atom is -0.393 e. The number of thiocarbonyl (C=S) groups is 1. The second kappa shape index (κ2) is 6.60. The maximum atomic E-state index is 12.4. The first-order chi connectivity index (χ1) is 8.92.